The summed E-state index contributed by atoms with van der Waals surface area (Å²) >= 11 is 0. The summed E-state index contributed by atoms with van der Waals surface area (Å²) in [6, 6.07) is 8.41. The van der Waals surface area contributed by atoms with Crippen molar-refractivity contribution in [2.24, 2.45) is 11.3 Å². The maximum Gasteiger partial charge on any atom is 0.268 e. The summed E-state index contributed by atoms with van der Waals surface area (Å²) in [6.45, 7) is 6.33. The third-order valence-electron chi connectivity index (χ3n) is 8.24. The Morgan fingerprint density at radius 1 is 1.23 bits per heavy atom. The molecule has 1 saturated heterocycles. The van der Waals surface area contributed by atoms with Gasteiger partial charge in [0.15, 0.2) is 5.78 Å². The summed E-state index contributed by atoms with van der Waals surface area (Å²) in [7, 11) is 0. The standard InChI is InChI=1S/C26H31N3O2/c1-3-26-12-6-13-28-14-11-19-18-7-4-5-8-20(18)29(22(19)24(26)28)21(15-26)25(31)27-16(2)23(30)17-9-10-17/h4-5,7-8,15-17,24H,3,6,9-14H2,1-2H3,(H,27,31)/t16-,24+,26-/m0/s1. The molecule has 3 aliphatic heterocycles. The molecule has 5 heteroatoms. The summed E-state index contributed by atoms with van der Waals surface area (Å²) < 4.78 is 2.23. The molecule has 31 heavy (non-hydrogen) atoms. The number of nitrogens with one attached hydrogen (secondary N) is 1. The molecule has 1 amide bonds. The van der Waals surface area contributed by atoms with Crippen molar-refractivity contribution in [1.29, 1.82) is 0 Å². The van der Waals surface area contributed by atoms with Crippen LogP contribution < -0.4 is 5.32 Å². The van der Waals surface area contributed by atoms with Crippen molar-refractivity contribution in [3.8, 4) is 0 Å². The van der Waals surface area contributed by atoms with E-state index in [1.807, 2.05) is 6.92 Å². The Kier molecular flexibility index (Phi) is 4.23. The van der Waals surface area contributed by atoms with Crippen LogP contribution in [0.25, 0.3) is 16.6 Å². The van der Waals surface area contributed by atoms with Gasteiger partial charge in [-0.25, -0.2) is 0 Å². The van der Waals surface area contributed by atoms with Gasteiger partial charge < -0.3 is 9.88 Å². The van der Waals surface area contributed by atoms with Crippen LogP contribution in [0.3, 0.4) is 0 Å². The van der Waals surface area contributed by atoms with Gasteiger partial charge in [0, 0.05) is 29.0 Å². The normalized spacial score (nSPS) is 28.1. The van der Waals surface area contributed by atoms with Crippen LogP contribution in [0.2, 0.25) is 0 Å². The predicted molar refractivity (Wildman–Crippen MR) is 122 cm³/mol. The van der Waals surface area contributed by atoms with E-state index in [0.717, 1.165) is 56.4 Å². The molecule has 0 unspecified atom stereocenters. The average molecular weight is 418 g/mol. The predicted octanol–water partition coefficient (Wildman–Crippen LogP) is 4.07. The number of aromatic nitrogens is 1. The minimum atomic E-state index is -0.434. The Balaban J connectivity index is 1.51. The number of rotatable bonds is 5. The summed E-state index contributed by atoms with van der Waals surface area (Å²) in [5.74, 6) is 0.212. The highest BCUT2D eigenvalue weighted by Crippen LogP contribution is 2.56. The maximum absolute atomic E-state index is 13.6. The number of benzene rings is 1. The fraction of sp³-hybridized carbons (Fsp3) is 0.538. The summed E-state index contributed by atoms with van der Waals surface area (Å²) in [5, 5.41) is 4.33. The van der Waals surface area contributed by atoms with Gasteiger partial charge in [-0.3, -0.25) is 14.5 Å². The minimum absolute atomic E-state index is 0.0196. The van der Waals surface area contributed by atoms with Crippen LogP contribution in [0.4, 0.5) is 0 Å². The summed E-state index contributed by atoms with van der Waals surface area (Å²) in [4.78, 5) is 28.8. The first-order valence-electron chi connectivity index (χ1n) is 12.0. The van der Waals surface area contributed by atoms with Gasteiger partial charge in [-0.2, -0.15) is 0 Å². The Morgan fingerprint density at radius 3 is 2.81 bits per heavy atom. The van der Waals surface area contributed by atoms with Crippen molar-refractivity contribution in [3.63, 3.8) is 0 Å². The molecule has 2 aromatic rings. The highest BCUT2D eigenvalue weighted by atomic mass is 16.2. The van der Waals surface area contributed by atoms with Crippen LogP contribution in [0.5, 0.6) is 0 Å². The molecule has 1 aromatic carbocycles. The van der Waals surface area contributed by atoms with E-state index in [0.29, 0.717) is 6.04 Å². The lowest BCUT2D eigenvalue weighted by atomic mass is 9.66. The van der Waals surface area contributed by atoms with Crippen molar-refractivity contribution in [2.75, 3.05) is 13.1 Å². The number of nitrogens with zero attached hydrogens (tertiary/aromatic N) is 2. The molecule has 3 atom stereocenters. The van der Waals surface area contributed by atoms with E-state index in [1.54, 1.807) is 0 Å². The number of ketones is 1. The smallest absolute Gasteiger partial charge is 0.268 e. The molecule has 1 N–H and O–H groups in total. The van der Waals surface area contributed by atoms with Crippen molar-refractivity contribution >= 4 is 28.3 Å². The Hall–Kier alpha value is -2.40. The van der Waals surface area contributed by atoms with Gasteiger partial charge in [0.2, 0.25) is 0 Å². The summed E-state index contributed by atoms with van der Waals surface area (Å²) in [6.07, 6.45) is 8.53. The third-order valence-corrected chi connectivity index (χ3v) is 8.24. The monoisotopic (exact) mass is 417 g/mol. The van der Waals surface area contributed by atoms with E-state index in [1.165, 1.54) is 23.1 Å². The van der Waals surface area contributed by atoms with Gasteiger partial charge >= 0.3 is 0 Å². The van der Waals surface area contributed by atoms with Gasteiger partial charge in [0.1, 0.15) is 5.70 Å². The number of carbonyl (C=O) groups is 2. The highest BCUT2D eigenvalue weighted by molar-refractivity contribution is 6.17. The number of fused-ring (bicyclic) bond motifs is 3. The molecule has 0 bridgehead atoms. The van der Waals surface area contributed by atoms with Crippen molar-refractivity contribution in [2.45, 2.75) is 64.5 Å². The van der Waals surface area contributed by atoms with Gasteiger partial charge in [-0.1, -0.05) is 25.1 Å². The lowest BCUT2D eigenvalue weighted by molar-refractivity contribution is -0.125. The Labute approximate surface area is 183 Å². The summed E-state index contributed by atoms with van der Waals surface area (Å²) in [5.41, 5.74) is 4.55. The van der Waals surface area contributed by atoms with Crippen LogP contribution in [-0.4, -0.2) is 40.3 Å². The first kappa shape index (κ1) is 19.3. The van der Waals surface area contributed by atoms with Gasteiger partial charge in [-0.15, -0.1) is 0 Å². The minimum Gasteiger partial charge on any atom is -0.341 e. The van der Waals surface area contributed by atoms with Crippen LogP contribution in [0.15, 0.2) is 30.3 Å². The second-order valence-electron chi connectivity index (χ2n) is 10.00. The largest absolute Gasteiger partial charge is 0.341 e. The van der Waals surface area contributed by atoms with Gasteiger partial charge in [0.05, 0.1) is 17.6 Å². The van der Waals surface area contributed by atoms with E-state index in [4.69, 9.17) is 0 Å². The van der Waals surface area contributed by atoms with Crippen molar-refractivity contribution < 1.29 is 9.59 Å². The molecule has 5 nitrogen and oxygen atoms in total. The second kappa shape index (κ2) is 6.80. The molecule has 0 radical (unpaired) electrons. The van der Waals surface area contributed by atoms with E-state index < -0.39 is 6.04 Å². The SMILES string of the molecule is CC[C@@]12C=C(C(=O)N[C@@H](C)C(=O)C3CC3)n3c4c(c5ccccc53)CCN(CCC1)[C@H]42. The Bertz CT molecular complexity index is 1130. The highest BCUT2D eigenvalue weighted by Gasteiger charge is 2.51. The number of para-hydroxylation sites is 1. The molecule has 0 spiro atoms. The number of amides is 1. The van der Waals surface area contributed by atoms with E-state index in [2.05, 4.69) is 52.0 Å². The van der Waals surface area contributed by atoms with Crippen LogP contribution in [0, 0.1) is 11.3 Å². The molecular formula is C26H31N3O2. The number of piperidine rings is 1. The fourth-order valence-electron chi connectivity index (χ4n) is 6.51. The lowest BCUT2D eigenvalue weighted by Gasteiger charge is -2.53. The fourth-order valence-corrected chi connectivity index (χ4v) is 6.51. The second-order valence-corrected chi connectivity index (χ2v) is 10.00. The molecule has 4 heterocycles. The quantitative estimate of drug-likeness (QED) is 0.798. The number of hydrogen-bond donors (Lipinski definition) is 1. The average Bonchev–Trinajstić information content (AvgIpc) is 3.59. The van der Waals surface area contributed by atoms with E-state index >= 15 is 0 Å². The number of Topliss-reactive ketones (excluding diaryl/α,β-unsaturated/α-hetero) is 1. The number of carbonyl (C=O) groups excluding carboxylic acids is 2. The van der Waals surface area contributed by atoms with Gasteiger partial charge in [0.25, 0.3) is 5.91 Å². The molecule has 4 aliphatic rings. The topological polar surface area (TPSA) is 54.3 Å². The van der Waals surface area contributed by atoms with Crippen molar-refractivity contribution in [3.05, 3.63) is 41.6 Å². The van der Waals surface area contributed by atoms with Crippen LogP contribution in [-0.2, 0) is 16.0 Å². The molecule has 162 valence electrons. The molecule has 6 rings (SSSR count). The van der Waals surface area contributed by atoms with E-state index in [-0.39, 0.29) is 23.0 Å². The maximum atomic E-state index is 13.6. The third kappa shape index (κ3) is 2.72. The molecular weight excluding hydrogens is 386 g/mol. The zero-order valence-electron chi connectivity index (χ0n) is 18.5. The Morgan fingerprint density at radius 2 is 2.03 bits per heavy atom. The lowest BCUT2D eigenvalue weighted by Crippen LogP contribution is -2.51. The van der Waals surface area contributed by atoms with Crippen LogP contribution >= 0.6 is 0 Å². The molecule has 1 aliphatic carbocycles. The first-order chi connectivity index (χ1) is 15.0. The molecule has 1 aromatic heterocycles. The molecule has 2 fully saturated rings. The number of hydrogen-bond acceptors (Lipinski definition) is 3. The zero-order valence-corrected chi connectivity index (χ0v) is 18.5. The van der Waals surface area contributed by atoms with Gasteiger partial charge in [-0.05, 0) is 69.7 Å². The first-order valence-corrected chi connectivity index (χ1v) is 12.0. The zero-order chi connectivity index (χ0) is 21.3. The molecule has 1 saturated carbocycles. The van der Waals surface area contributed by atoms with E-state index in [9.17, 15) is 9.59 Å². The van der Waals surface area contributed by atoms with Crippen LogP contribution in [0.1, 0.15) is 63.3 Å². The van der Waals surface area contributed by atoms with Crippen molar-refractivity contribution in [1.82, 2.24) is 14.8 Å².